The molecule has 1 heterocycles. The molecule has 1 saturated heterocycles. The topological polar surface area (TPSA) is 12.0 Å². The number of hydrogen-bond acceptors (Lipinski definition) is 1. The zero-order valence-corrected chi connectivity index (χ0v) is 10.1. The minimum absolute atomic E-state index is 0.0388. The van der Waals surface area contributed by atoms with E-state index in [0.29, 0.717) is 0 Å². The van der Waals surface area contributed by atoms with Crippen molar-refractivity contribution in [1.29, 1.82) is 0 Å². The van der Waals surface area contributed by atoms with Crippen molar-refractivity contribution < 1.29 is 4.39 Å². The average molecular weight is 221 g/mol. The lowest BCUT2D eigenvalue weighted by Crippen LogP contribution is -2.46. The number of halogens is 1. The van der Waals surface area contributed by atoms with E-state index in [4.69, 9.17) is 0 Å². The summed E-state index contributed by atoms with van der Waals surface area (Å²) in [7, 11) is 0. The molecule has 16 heavy (non-hydrogen) atoms. The molecule has 2 heteroatoms. The summed E-state index contributed by atoms with van der Waals surface area (Å²) >= 11 is 0. The predicted molar refractivity (Wildman–Crippen MR) is 65.3 cm³/mol. The minimum atomic E-state index is -1.26. The van der Waals surface area contributed by atoms with Gasteiger partial charge in [-0.1, -0.05) is 36.2 Å². The molecule has 2 atom stereocenters. The van der Waals surface area contributed by atoms with Crippen LogP contribution < -0.4 is 5.32 Å². The first-order valence-electron chi connectivity index (χ1n) is 6.10. The fourth-order valence-corrected chi connectivity index (χ4v) is 2.46. The van der Waals surface area contributed by atoms with Crippen LogP contribution in [0.4, 0.5) is 4.39 Å². The Bertz CT molecular complexity index is 354. The zero-order chi connectivity index (χ0) is 11.6. The van der Waals surface area contributed by atoms with Gasteiger partial charge in [0.1, 0.15) is 5.67 Å². The monoisotopic (exact) mass is 221 g/mol. The molecule has 1 N–H and O–H groups in total. The van der Waals surface area contributed by atoms with Gasteiger partial charge in [0.25, 0.3) is 0 Å². The minimum Gasteiger partial charge on any atom is -0.311 e. The van der Waals surface area contributed by atoms with E-state index < -0.39 is 5.67 Å². The van der Waals surface area contributed by atoms with Crippen LogP contribution in [0.2, 0.25) is 0 Å². The van der Waals surface area contributed by atoms with Crippen molar-refractivity contribution in [2.24, 2.45) is 0 Å². The van der Waals surface area contributed by atoms with Crippen molar-refractivity contribution in [3.05, 3.63) is 35.4 Å². The number of aryl methyl sites for hydroxylation is 1. The number of benzene rings is 1. The molecule has 1 fully saturated rings. The molecule has 0 amide bonds. The van der Waals surface area contributed by atoms with Gasteiger partial charge in [0.2, 0.25) is 0 Å². The Labute approximate surface area is 97.1 Å². The Kier molecular flexibility index (Phi) is 3.29. The highest BCUT2D eigenvalue weighted by molar-refractivity contribution is 5.28. The first-order chi connectivity index (χ1) is 7.60. The van der Waals surface area contributed by atoms with E-state index in [1.807, 2.05) is 31.2 Å². The number of rotatable bonds is 2. The second-order valence-corrected chi connectivity index (χ2v) is 4.95. The molecule has 1 aromatic carbocycles. The summed E-state index contributed by atoms with van der Waals surface area (Å²) < 4.78 is 14.8. The molecular weight excluding hydrogens is 201 g/mol. The van der Waals surface area contributed by atoms with Crippen LogP contribution in [0.1, 0.15) is 37.3 Å². The van der Waals surface area contributed by atoms with Crippen LogP contribution in [0, 0.1) is 6.92 Å². The Morgan fingerprint density at radius 1 is 1.38 bits per heavy atom. The van der Waals surface area contributed by atoms with Gasteiger partial charge in [-0.25, -0.2) is 4.39 Å². The lowest BCUT2D eigenvalue weighted by Gasteiger charge is -2.34. The van der Waals surface area contributed by atoms with E-state index in [-0.39, 0.29) is 6.04 Å². The first-order valence-corrected chi connectivity index (χ1v) is 6.10. The lowest BCUT2D eigenvalue weighted by molar-refractivity contribution is 0.107. The number of nitrogens with one attached hydrogen (secondary N) is 1. The van der Waals surface area contributed by atoms with Crippen LogP contribution in [-0.4, -0.2) is 12.6 Å². The van der Waals surface area contributed by atoms with Gasteiger partial charge in [0, 0.05) is 6.04 Å². The molecule has 1 aliphatic rings. The van der Waals surface area contributed by atoms with E-state index in [2.05, 4.69) is 5.32 Å². The van der Waals surface area contributed by atoms with Crippen molar-refractivity contribution in [2.75, 3.05) is 6.54 Å². The Morgan fingerprint density at radius 2 is 2.19 bits per heavy atom. The maximum absolute atomic E-state index is 14.8. The van der Waals surface area contributed by atoms with E-state index >= 15 is 0 Å². The SMILES string of the molecule is Cc1cccc(C(C)(F)C2CCCCN2)c1. The normalized spacial score (nSPS) is 25.1. The molecule has 0 bridgehead atoms. The maximum atomic E-state index is 14.8. The van der Waals surface area contributed by atoms with Gasteiger partial charge in [0.15, 0.2) is 0 Å². The Morgan fingerprint density at radius 3 is 2.81 bits per heavy atom. The fraction of sp³-hybridized carbons (Fsp3) is 0.571. The summed E-state index contributed by atoms with van der Waals surface area (Å²) in [5, 5.41) is 3.30. The van der Waals surface area contributed by atoms with Crippen LogP contribution in [0.25, 0.3) is 0 Å². The van der Waals surface area contributed by atoms with E-state index in [9.17, 15) is 4.39 Å². The molecule has 0 saturated carbocycles. The molecule has 0 radical (unpaired) electrons. The molecular formula is C14H20FN. The van der Waals surface area contributed by atoms with E-state index in [1.165, 1.54) is 6.42 Å². The molecule has 0 aliphatic carbocycles. The molecule has 2 unspecified atom stereocenters. The van der Waals surface area contributed by atoms with Crippen molar-refractivity contribution in [2.45, 2.75) is 44.8 Å². The molecule has 0 spiro atoms. The number of hydrogen-bond donors (Lipinski definition) is 1. The predicted octanol–water partition coefficient (Wildman–Crippen LogP) is 3.32. The van der Waals surface area contributed by atoms with Crippen LogP contribution in [0.5, 0.6) is 0 Å². The van der Waals surface area contributed by atoms with E-state index in [0.717, 1.165) is 30.5 Å². The van der Waals surface area contributed by atoms with Crippen molar-refractivity contribution >= 4 is 0 Å². The number of piperidine rings is 1. The summed E-state index contributed by atoms with van der Waals surface area (Å²) in [5.41, 5.74) is 0.663. The molecule has 0 aromatic heterocycles. The van der Waals surface area contributed by atoms with Gasteiger partial charge in [-0.2, -0.15) is 0 Å². The summed E-state index contributed by atoms with van der Waals surface area (Å²) in [4.78, 5) is 0. The summed E-state index contributed by atoms with van der Waals surface area (Å²) in [5.74, 6) is 0. The van der Waals surface area contributed by atoms with Crippen LogP contribution in [0.3, 0.4) is 0 Å². The molecule has 1 nitrogen and oxygen atoms in total. The van der Waals surface area contributed by atoms with E-state index in [1.54, 1.807) is 6.92 Å². The second-order valence-electron chi connectivity index (χ2n) is 4.95. The highest BCUT2D eigenvalue weighted by Gasteiger charge is 2.36. The quantitative estimate of drug-likeness (QED) is 0.807. The van der Waals surface area contributed by atoms with Crippen LogP contribution >= 0.6 is 0 Å². The van der Waals surface area contributed by atoms with Crippen LogP contribution in [-0.2, 0) is 5.67 Å². The fourth-order valence-electron chi connectivity index (χ4n) is 2.46. The van der Waals surface area contributed by atoms with Gasteiger partial charge >= 0.3 is 0 Å². The van der Waals surface area contributed by atoms with Gasteiger partial charge in [-0.15, -0.1) is 0 Å². The number of alkyl halides is 1. The lowest BCUT2D eigenvalue weighted by atomic mass is 9.85. The molecule has 1 aromatic rings. The van der Waals surface area contributed by atoms with Crippen LogP contribution in [0.15, 0.2) is 24.3 Å². The summed E-state index contributed by atoms with van der Waals surface area (Å²) in [6.07, 6.45) is 3.23. The van der Waals surface area contributed by atoms with Gasteiger partial charge in [0.05, 0.1) is 0 Å². The molecule has 1 aliphatic heterocycles. The third-order valence-electron chi connectivity index (χ3n) is 3.55. The van der Waals surface area contributed by atoms with Gasteiger partial charge < -0.3 is 5.32 Å². The van der Waals surface area contributed by atoms with Crippen molar-refractivity contribution in [3.63, 3.8) is 0 Å². The summed E-state index contributed by atoms with van der Waals surface area (Å²) in [6.45, 7) is 4.65. The Hall–Kier alpha value is -0.890. The third-order valence-corrected chi connectivity index (χ3v) is 3.55. The van der Waals surface area contributed by atoms with Crippen molar-refractivity contribution in [1.82, 2.24) is 5.32 Å². The standard InChI is InChI=1S/C14H20FN/c1-11-6-5-7-12(10-11)14(2,15)13-8-3-4-9-16-13/h5-7,10,13,16H,3-4,8-9H2,1-2H3. The smallest absolute Gasteiger partial charge is 0.148 e. The second kappa shape index (κ2) is 4.54. The highest BCUT2D eigenvalue weighted by atomic mass is 19.1. The maximum Gasteiger partial charge on any atom is 0.148 e. The molecule has 2 rings (SSSR count). The average Bonchev–Trinajstić information content (AvgIpc) is 2.30. The Balaban J connectivity index is 2.22. The van der Waals surface area contributed by atoms with Crippen molar-refractivity contribution in [3.8, 4) is 0 Å². The summed E-state index contributed by atoms with van der Waals surface area (Å²) in [6, 6.07) is 7.75. The third kappa shape index (κ3) is 2.27. The molecule has 88 valence electrons. The van der Waals surface area contributed by atoms with Gasteiger partial charge in [-0.3, -0.25) is 0 Å². The first kappa shape index (κ1) is 11.6. The van der Waals surface area contributed by atoms with Gasteiger partial charge in [-0.05, 0) is 38.8 Å². The largest absolute Gasteiger partial charge is 0.311 e. The highest BCUT2D eigenvalue weighted by Crippen LogP contribution is 2.33. The zero-order valence-electron chi connectivity index (χ0n) is 10.1.